The second-order valence-electron chi connectivity index (χ2n) is 4.64. The van der Waals surface area contributed by atoms with Crippen molar-refractivity contribution < 1.29 is 0 Å². The fraction of sp³-hybridized carbons (Fsp3) is 0.643. The Hall–Kier alpha value is -1.10. The van der Waals surface area contributed by atoms with E-state index in [1.807, 2.05) is 18.8 Å². The third-order valence-electron chi connectivity index (χ3n) is 3.08. The number of nitrogens with zero attached hydrogens (tertiary/aromatic N) is 3. The largest absolute Gasteiger partial charge is 0.356 e. The fourth-order valence-electron chi connectivity index (χ4n) is 1.93. The SMILES string of the molecule is CN=C(NCCCCSC)N(C)Cc1cccn1C. The molecule has 0 fully saturated rings. The number of rotatable bonds is 7. The van der Waals surface area contributed by atoms with Gasteiger partial charge in [0.2, 0.25) is 0 Å². The molecular formula is C14H26N4S. The van der Waals surface area contributed by atoms with Gasteiger partial charge in [0.25, 0.3) is 0 Å². The molecule has 0 aromatic carbocycles. The second-order valence-corrected chi connectivity index (χ2v) is 5.63. The molecule has 0 aliphatic rings. The normalized spacial score (nSPS) is 11.7. The summed E-state index contributed by atoms with van der Waals surface area (Å²) in [4.78, 5) is 6.49. The number of aromatic nitrogens is 1. The van der Waals surface area contributed by atoms with Crippen LogP contribution in [0.15, 0.2) is 23.3 Å². The predicted octanol–water partition coefficient (Wildman–Crippen LogP) is 2.18. The molecule has 1 aromatic rings. The average Bonchev–Trinajstić information content (AvgIpc) is 2.79. The second kappa shape index (κ2) is 8.91. The summed E-state index contributed by atoms with van der Waals surface area (Å²) < 4.78 is 2.14. The maximum absolute atomic E-state index is 4.33. The van der Waals surface area contributed by atoms with E-state index >= 15 is 0 Å². The zero-order valence-electron chi connectivity index (χ0n) is 12.5. The van der Waals surface area contributed by atoms with Gasteiger partial charge in [0.15, 0.2) is 5.96 Å². The van der Waals surface area contributed by atoms with Gasteiger partial charge in [-0.05, 0) is 37.0 Å². The highest BCUT2D eigenvalue weighted by molar-refractivity contribution is 7.98. The molecule has 0 saturated heterocycles. The summed E-state index contributed by atoms with van der Waals surface area (Å²) in [5.74, 6) is 2.20. The van der Waals surface area contributed by atoms with Crippen molar-refractivity contribution in [1.82, 2.24) is 14.8 Å². The van der Waals surface area contributed by atoms with Gasteiger partial charge in [-0.15, -0.1) is 0 Å². The highest BCUT2D eigenvalue weighted by Gasteiger charge is 2.07. The number of aliphatic imine (C=N–C) groups is 1. The molecule has 0 aliphatic carbocycles. The lowest BCUT2D eigenvalue weighted by Gasteiger charge is -2.22. The first kappa shape index (κ1) is 16.0. The molecule has 108 valence electrons. The van der Waals surface area contributed by atoms with Gasteiger partial charge in [-0.2, -0.15) is 11.8 Å². The summed E-state index contributed by atoms with van der Waals surface area (Å²) in [6.45, 7) is 1.86. The zero-order chi connectivity index (χ0) is 14.1. The summed E-state index contributed by atoms with van der Waals surface area (Å²) in [6, 6.07) is 4.21. The highest BCUT2D eigenvalue weighted by atomic mass is 32.2. The molecule has 0 aliphatic heterocycles. The summed E-state index contributed by atoms with van der Waals surface area (Å²) in [7, 11) is 5.98. The van der Waals surface area contributed by atoms with Crippen molar-refractivity contribution in [2.45, 2.75) is 19.4 Å². The summed E-state index contributed by atoms with van der Waals surface area (Å²) in [6.07, 6.45) is 6.67. The summed E-state index contributed by atoms with van der Waals surface area (Å²) >= 11 is 1.91. The van der Waals surface area contributed by atoms with Crippen molar-refractivity contribution in [1.29, 1.82) is 0 Å². The number of aryl methyl sites for hydroxylation is 1. The van der Waals surface area contributed by atoms with E-state index in [4.69, 9.17) is 0 Å². The molecule has 5 heteroatoms. The third-order valence-corrected chi connectivity index (χ3v) is 3.78. The van der Waals surface area contributed by atoms with Gasteiger partial charge in [-0.1, -0.05) is 0 Å². The van der Waals surface area contributed by atoms with E-state index < -0.39 is 0 Å². The molecule has 0 amide bonds. The monoisotopic (exact) mass is 282 g/mol. The van der Waals surface area contributed by atoms with Crippen LogP contribution in [0.2, 0.25) is 0 Å². The zero-order valence-corrected chi connectivity index (χ0v) is 13.3. The van der Waals surface area contributed by atoms with Gasteiger partial charge < -0.3 is 14.8 Å². The van der Waals surface area contributed by atoms with Crippen molar-refractivity contribution in [3.05, 3.63) is 24.0 Å². The first-order chi connectivity index (χ1) is 9.19. The molecule has 0 atom stereocenters. The van der Waals surface area contributed by atoms with E-state index in [1.165, 1.54) is 24.3 Å². The molecule has 4 nitrogen and oxygen atoms in total. The first-order valence-electron chi connectivity index (χ1n) is 6.70. The minimum atomic E-state index is 0.869. The molecule has 0 radical (unpaired) electrons. The van der Waals surface area contributed by atoms with Crippen LogP contribution in [-0.4, -0.2) is 48.1 Å². The van der Waals surface area contributed by atoms with Crippen molar-refractivity contribution >= 4 is 17.7 Å². The lowest BCUT2D eigenvalue weighted by molar-refractivity contribution is 0.461. The van der Waals surface area contributed by atoms with E-state index in [1.54, 1.807) is 0 Å². The molecule has 1 rings (SSSR count). The van der Waals surface area contributed by atoms with Crippen LogP contribution < -0.4 is 5.32 Å². The molecule has 19 heavy (non-hydrogen) atoms. The maximum Gasteiger partial charge on any atom is 0.193 e. The Balaban J connectivity index is 2.36. The average molecular weight is 282 g/mol. The Morgan fingerprint density at radius 3 is 2.84 bits per heavy atom. The van der Waals surface area contributed by atoms with Crippen LogP contribution in [0.25, 0.3) is 0 Å². The molecule has 0 unspecified atom stereocenters. The van der Waals surface area contributed by atoms with Crippen LogP contribution in [0.4, 0.5) is 0 Å². The molecule has 1 N–H and O–H groups in total. The predicted molar refractivity (Wildman–Crippen MR) is 85.9 cm³/mol. The molecule has 0 spiro atoms. The van der Waals surface area contributed by atoms with Crippen LogP contribution in [0, 0.1) is 0 Å². The van der Waals surface area contributed by atoms with E-state index in [0.29, 0.717) is 0 Å². The molecular weight excluding hydrogens is 256 g/mol. The Bertz CT molecular complexity index is 387. The van der Waals surface area contributed by atoms with Crippen molar-refractivity contribution in [2.24, 2.45) is 12.0 Å². The minimum absolute atomic E-state index is 0.869. The van der Waals surface area contributed by atoms with Gasteiger partial charge in [0.1, 0.15) is 0 Å². The smallest absolute Gasteiger partial charge is 0.193 e. The van der Waals surface area contributed by atoms with E-state index in [2.05, 4.69) is 58.5 Å². The van der Waals surface area contributed by atoms with Crippen LogP contribution in [0.5, 0.6) is 0 Å². The van der Waals surface area contributed by atoms with Crippen LogP contribution >= 0.6 is 11.8 Å². The minimum Gasteiger partial charge on any atom is -0.356 e. The number of hydrogen-bond acceptors (Lipinski definition) is 2. The number of unbranched alkanes of at least 4 members (excludes halogenated alkanes) is 1. The van der Waals surface area contributed by atoms with Crippen LogP contribution in [0.3, 0.4) is 0 Å². The number of nitrogens with one attached hydrogen (secondary N) is 1. The highest BCUT2D eigenvalue weighted by Crippen LogP contribution is 2.04. The fourth-order valence-corrected chi connectivity index (χ4v) is 2.43. The lowest BCUT2D eigenvalue weighted by Crippen LogP contribution is -2.39. The molecule has 1 aromatic heterocycles. The number of hydrogen-bond donors (Lipinski definition) is 1. The Labute approximate surface area is 121 Å². The Kier molecular flexibility index (Phi) is 7.48. The van der Waals surface area contributed by atoms with E-state index in [-0.39, 0.29) is 0 Å². The lowest BCUT2D eigenvalue weighted by atomic mass is 10.3. The van der Waals surface area contributed by atoms with Crippen molar-refractivity contribution in [2.75, 3.05) is 32.6 Å². The quantitative estimate of drug-likeness (QED) is 0.473. The maximum atomic E-state index is 4.33. The van der Waals surface area contributed by atoms with Gasteiger partial charge in [-0.25, -0.2) is 0 Å². The van der Waals surface area contributed by atoms with E-state index in [0.717, 1.165) is 19.0 Å². The first-order valence-corrected chi connectivity index (χ1v) is 8.09. The van der Waals surface area contributed by atoms with Gasteiger partial charge >= 0.3 is 0 Å². The standard InChI is InChI=1S/C14H26N4S/c1-15-14(16-9-5-6-11-19-4)18(3)12-13-8-7-10-17(13)2/h7-8,10H,5-6,9,11-12H2,1-4H3,(H,15,16). The topological polar surface area (TPSA) is 32.6 Å². The third kappa shape index (κ3) is 5.59. The van der Waals surface area contributed by atoms with Crippen LogP contribution in [-0.2, 0) is 13.6 Å². The van der Waals surface area contributed by atoms with Crippen molar-refractivity contribution in [3.63, 3.8) is 0 Å². The van der Waals surface area contributed by atoms with Gasteiger partial charge in [0.05, 0.1) is 6.54 Å². The molecule has 1 heterocycles. The summed E-state index contributed by atoms with van der Waals surface area (Å²) in [5.41, 5.74) is 1.29. The Morgan fingerprint density at radius 1 is 1.47 bits per heavy atom. The number of thioether (sulfide) groups is 1. The van der Waals surface area contributed by atoms with E-state index in [9.17, 15) is 0 Å². The van der Waals surface area contributed by atoms with Gasteiger partial charge in [-0.3, -0.25) is 4.99 Å². The summed E-state index contributed by atoms with van der Waals surface area (Å²) in [5, 5.41) is 3.42. The van der Waals surface area contributed by atoms with Crippen molar-refractivity contribution in [3.8, 4) is 0 Å². The number of guanidine groups is 1. The van der Waals surface area contributed by atoms with Crippen LogP contribution in [0.1, 0.15) is 18.5 Å². The Morgan fingerprint density at radius 2 is 2.26 bits per heavy atom. The molecule has 0 bridgehead atoms. The van der Waals surface area contributed by atoms with Gasteiger partial charge in [0, 0.05) is 39.6 Å². The molecule has 0 saturated carbocycles.